The molecule has 1 atom stereocenters. The van der Waals surface area contributed by atoms with Crippen molar-refractivity contribution in [2.24, 2.45) is 0 Å². The van der Waals surface area contributed by atoms with Crippen molar-refractivity contribution in [2.45, 2.75) is 58.6 Å². The van der Waals surface area contributed by atoms with E-state index in [1.165, 1.54) is 11.1 Å². The third kappa shape index (κ3) is 9.75. The number of rotatable bonds is 16. The van der Waals surface area contributed by atoms with Gasteiger partial charge in [-0.1, -0.05) is 87.4 Å². The third-order valence-electron chi connectivity index (χ3n) is 6.06. The molecule has 0 aliphatic rings. The summed E-state index contributed by atoms with van der Waals surface area (Å²) < 4.78 is 12.0. The lowest BCUT2D eigenvalue weighted by Crippen LogP contribution is -2.30. The summed E-state index contributed by atoms with van der Waals surface area (Å²) in [7, 11) is 0. The van der Waals surface area contributed by atoms with Gasteiger partial charge in [-0.25, -0.2) is 0 Å². The molecule has 0 saturated carbocycles. The van der Waals surface area contributed by atoms with Gasteiger partial charge in [0.1, 0.15) is 11.5 Å². The molecule has 0 amide bonds. The van der Waals surface area contributed by atoms with E-state index in [4.69, 9.17) is 9.47 Å². The molecule has 1 unspecified atom stereocenters. The lowest BCUT2D eigenvalue weighted by Gasteiger charge is -2.26. The molecular formula is C31H41NO3. The van der Waals surface area contributed by atoms with Crippen LogP contribution in [0.25, 0.3) is 0 Å². The largest absolute Gasteiger partial charge is 0.493 e. The zero-order valence-corrected chi connectivity index (χ0v) is 21.4. The molecule has 0 aromatic heterocycles. The van der Waals surface area contributed by atoms with Crippen LogP contribution in [-0.4, -0.2) is 36.3 Å². The predicted octanol–water partition coefficient (Wildman–Crippen LogP) is 6.82. The second-order valence-electron chi connectivity index (χ2n) is 9.11. The van der Waals surface area contributed by atoms with Crippen molar-refractivity contribution < 1.29 is 14.6 Å². The maximum atomic E-state index is 11.3. The third-order valence-corrected chi connectivity index (χ3v) is 6.06. The van der Waals surface area contributed by atoms with E-state index in [-0.39, 0.29) is 0 Å². The lowest BCUT2D eigenvalue weighted by atomic mass is 10.1. The number of nitrogens with zero attached hydrogens (tertiary/aromatic N) is 1. The number of aliphatic hydroxyl groups excluding tert-OH is 1. The zero-order chi connectivity index (χ0) is 24.7. The molecule has 35 heavy (non-hydrogen) atoms. The summed E-state index contributed by atoms with van der Waals surface area (Å²) >= 11 is 0. The first-order valence-electron chi connectivity index (χ1n) is 13.1. The van der Waals surface area contributed by atoms with Gasteiger partial charge in [0.2, 0.25) is 0 Å². The van der Waals surface area contributed by atoms with Crippen molar-refractivity contribution in [2.75, 3.05) is 26.3 Å². The van der Waals surface area contributed by atoms with Crippen LogP contribution in [-0.2, 0) is 13.0 Å². The van der Waals surface area contributed by atoms with E-state index in [1.54, 1.807) is 0 Å². The first-order chi connectivity index (χ1) is 17.2. The van der Waals surface area contributed by atoms with Gasteiger partial charge in [0.15, 0.2) is 0 Å². The SMILES string of the molecule is CCCCOc1cc(OCCCC)cc(C(O)CN(CCc2ccccc2)Cc2ccccc2)c1. The number of ether oxygens (including phenoxy) is 2. The maximum Gasteiger partial charge on any atom is 0.123 e. The number of aliphatic hydroxyl groups is 1. The quantitative estimate of drug-likeness (QED) is 0.231. The van der Waals surface area contributed by atoms with Crippen molar-refractivity contribution in [3.63, 3.8) is 0 Å². The first kappa shape index (κ1) is 26.8. The monoisotopic (exact) mass is 475 g/mol. The van der Waals surface area contributed by atoms with Crippen LogP contribution in [0.3, 0.4) is 0 Å². The molecule has 0 radical (unpaired) electrons. The normalized spacial score (nSPS) is 12.0. The first-order valence-corrected chi connectivity index (χ1v) is 13.1. The van der Waals surface area contributed by atoms with Crippen molar-refractivity contribution in [3.05, 3.63) is 95.6 Å². The molecule has 0 fully saturated rings. The summed E-state index contributed by atoms with van der Waals surface area (Å²) in [6.45, 7) is 7.83. The van der Waals surface area contributed by atoms with Crippen LogP contribution in [0.2, 0.25) is 0 Å². The maximum absolute atomic E-state index is 11.3. The van der Waals surface area contributed by atoms with Crippen LogP contribution < -0.4 is 9.47 Å². The Kier molecular flexibility index (Phi) is 11.7. The van der Waals surface area contributed by atoms with Gasteiger partial charge in [-0.2, -0.15) is 0 Å². The van der Waals surface area contributed by atoms with Crippen LogP contribution in [0.1, 0.15) is 62.3 Å². The molecule has 188 valence electrons. The fraction of sp³-hybridized carbons (Fsp3) is 0.419. The van der Waals surface area contributed by atoms with E-state index in [0.29, 0.717) is 19.8 Å². The van der Waals surface area contributed by atoms with Gasteiger partial charge in [-0.05, 0) is 48.1 Å². The number of benzene rings is 3. The minimum Gasteiger partial charge on any atom is -0.493 e. The molecule has 3 aromatic carbocycles. The smallest absolute Gasteiger partial charge is 0.123 e. The highest BCUT2D eigenvalue weighted by Crippen LogP contribution is 2.28. The molecule has 3 aromatic rings. The van der Waals surface area contributed by atoms with Crippen molar-refractivity contribution in [1.82, 2.24) is 4.90 Å². The predicted molar refractivity (Wildman–Crippen MR) is 144 cm³/mol. The topological polar surface area (TPSA) is 41.9 Å². The van der Waals surface area contributed by atoms with Crippen LogP contribution in [0.15, 0.2) is 78.9 Å². The molecule has 0 aliphatic heterocycles. The summed E-state index contributed by atoms with van der Waals surface area (Å²) in [6, 6.07) is 26.9. The highest BCUT2D eigenvalue weighted by molar-refractivity contribution is 5.39. The molecule has 0 bridgehead atoms. The van der Waals surface area contributed by atoms with E-state index in [1.807, 2.05) is 30.3 Å². The molecule has 0 heterocycles. The summed E-state index contributed by atoms with van der Waals surface area (Å²) in [4.78, 5) is 2.33. The van der Waals surface area contributed by atoms with E-state index in [9.17, 15) is 5.11 Å². The summed E-state index contributed by atoms with van der Waals surface area (Å²) in [5, 5.41) is 11.3. The van der Waals surface area contributed by atoms with Gasteiger partial charge in [0.25, 0.3) is 0 Å². The lowest BCUT2D eigenvalue weighted by molar-refractivity contribution is 0.109. The molecule has 0 saturated heterocycles. The molecular weight excluding hydrogens is 434 g/mol. The Labute approximate surface area is 211 Å². The molecule has 0 spiro atoms. The van der Waals surface area contributed by atoms with Gasteiger partial charge in [-0.15, -0.1) is 0 Å². The highest BCUT2D eigenvalue weighted by Gasteiger charge is 2.17. The Morgan fingerprint density at radius 3 is 1.83 bits per heavy atom. The van der Waals surface area contributed by atoms with Gasteiger partial charge in [0, 0.05) is 25.7 Å². The van der Waals surface area contributed by atoms with E-state index in [0.717, 1.165) is 62.3 Å². The standard InChI is InChI=1S/C31H41NO3/c1-3-5-19-34-29-21-28(22-30(23-29)35-20-6-4-2)31(33)25-32(24-27-15-11-8-12-16-27)18-17-26-13-9-7-10-14-26/h7-16,21-23,31,33H,3-6,17-20,24-25H2,1-2H3. The minimum atomic E-state index is -0.641. The van der Waals surface area contributed by atoms with Gasteiger partial charge in [0.05, 0.1) is 19.3 Å². The van der Waals surface area contributed by atoms with Crippen molar-refractivity contribution in [1.29, 1.82) is 0 Å². The second kappa shape index (κ2) is 15.2. The van der Waals surface area contributed by atoms with Crippen LogP contribution in [0.5, 0.6) is 11.5 Å². The Hall–Kier alpha value is -2.82. The Morgan fingerprint density at radius 2 is 1.29 bits per heavy atom. The molecule has 4 heteroatoms. The number of hydrogen-bond donors (Lipinski definition) is 1. The van der Waals surface area contributed by atoms with Gasteiger partial charge in [-0.3, -0.25) is 4.90 Å². The molecule has 0 aliphatic carbocycles. The summed E-state index contributed by atoms with van der Waals surface area (Å²) in [5.74, 6) is 1.53. The van der Waals surface area contributed by atoms with Crippen LogP contribution in [0, 0.1) is 0 Å². The fourth-order valence-corrected chi connectivity index (χ4v) is 3.98. The average molecular weight is 476 g/mol. The Morgan fingerprint density at radius 1 is 0.743 bits per heavy atom. The molecule has 1 N–H and O–H groups in total. The summed E-state index contributed by atoms with van der Waals surface area (Å²) in [5.41, 5.74) is 3.38. The van der Waals surface area contributed by atoms with Crippen molar-refractivity contribution in [3.8, 4) is 11.5 Å². The van der Waals surface area contributed by atoms with Crippen LogP contribution in [0.4, 0.5) is 0 Å². The van der Waals surface area contributed by atoms with Crippen LogP contribution >= 0.6 is 0 Å². The van der Waals surface area contributed by atoms with Gasteiger partial charge < -0.3 is 14.6 Å². The Balaban J connectivity index is 1.74. The van der Waals surface area contributed by atoms with Gasteiger partial charge >= 0.3 is 0 Å². The Bertz CT molecular complexity index is 933. The second-order valence-corrected chi connectivity index (χ2v) is 9.11. The van der Waals surface area contributed by atoms with E-state index >= 15 is 0 Å². The zero-order valence-electron chi connectivity index (χ0n) is 21.4. The molecule has 4 nitrogen and oxygen atoms in total. The molecule has 3 rings (SSSR count). The van der Waals surface area contributed by atoms with E-state index in [2.05, 4.69) is 67.3 Å². The number of hydrogen-bond acceptors (Lipinski definition) is 4. The van der Waals surface area contributed by atoms with Crippen molar-refractivity contribution >= 4 is 0 Å². The fourth-order valence-electron chi connectivity index (χ4n) is 3.98. The summed E-state index contributed by atoms with van der Waals surface area (Å²) in [6.07, 6.45) is 4.46. The average Bonchev–Trinajstić information content (AvgIpc) is 2.89. The number of unbranched alkanes of at least 4 members (excludes halogenated alkanes) is 2. The minimum absolute atomic E-state index is 0.536. The van der Waals surface area contributed by atoms with E-state index < -0.39 is 6.10 Å². The highest BCUT2D eigenvalue weighted by atomic mass is 16.5.